The SMILES string of the molecule is Cc1ccc(NC(=O)[C@@H](Sc2ccc(S(=O)(=O)N(C)C)cn2)c2ccccc2)cc1Cl. The summed E-state index contributed by atoms with van der Waals surface area (Å²) in [4.78, 5) is 17.5. The van der Waals surface area contributed by atoms with Gasteiger partial charge in [0, 0.05) is 31.0 Å². The van der Waals surface area contributed by atoms with Crippen LogP contribution in [0.3, 0.4) is 0 Å². The van der Waals surface area contributed by atoms with Crippen LogP contribution in [0.25, 0.3) is 0 Å². The topological polar surface area (TPSA) is 79.4 Å². The summed E-state index contributed by atoms with van der Waals surface area (Å²) >= 11 is 7.42. The number of carbonyl (C=O) groups excluding carboxylic acids is 1. The molecule has 0 aliphatic rings. The molecule has 1 atom stereocenters. The summed E-state index contributed by atoms with van der Waals surface area (Å²) < 4.78 is 25.6. The molecular formula is C22H22ClN3O3S2. The number of amides is 1. The zero-order chi connectivity index (χ0) is 22.6. The van der Waals surface area contributed by atoms with E-state index >= 15 is 0 Å². The van der Waals surface area contributed by atoms with Gasteiger partial charge in [-0.15, -0.1) is 0 Å². The van der Waals surface area contributed by atoms with E-state index in [0.717, 1.165) is 15.4 Å². The smallest absolute Gasteiger partial charge is 0.244 e. The molecule has 0 unspecified atom stereocenters. The highest BCUT2D eigenvalue weighted by Crippen LogP contribution is 2.36. The second-order valence-corrected chi connectivity index (χ2v) is 10.7. The molecule has 162 valence electrons. The van der Waals surface area contributed by atoms with Crippen molar-refractivity contribution in [2.45, 2.75) is 22.1 Å². The number of nitrogens with one attached hydrogen (secondary N) is 1. The van der Waals surface area contributed by atoms with Crippen molar-refractivity contribution >= 4 is 45.0 Å². The number of anilines is 1. The number of thioether (sulfide) groups is 1. The number of pyridine rings is 1. The Kier molecular flexibility index (Phi) is 7.38. The molecule has 0 aliphatic heterocycles. The molecular weight excluding hydrogens is 454 g/mol. The van der Waals surface area contributed by atoms with Gasteiger partial charge in [-0.1, -0.05) is 59.8 Å². The number of nitrogens with zero attached hydrogens (tertiary/aromatic N) is 2. The molecule has 0 saturated heterocycles. The number of hydrogen-bond donors (Lipinski definition) is 1. The van der Waals surface area contributed by atoms with Gasteiger partial charge < -0.3 is 5.32 Å². The highest BCUT2D eigenvalue weighted by atomic mass is 35.5. The average Bonchev–Trinajstić information content (AvgIpc) is 2.75. The van der Waals surface area contributed by atoms with Crippen LogP contribution in [0.5, 0.6) is 0 Å². The van der Waals surface area contributed by atoms with Gasteiger partial charge in [-0.3, -0.25) is 4.79 Å². The molecule has 0 aliphatic carbocycles. The highest BCUT2D eigenvalue weighted by Gasteiger charge is 2.24. The monoisotopic (exact) mass is 475 g/mol. The molecule has 0 bridgehead atoms. The van der Waals surface area contributed by atoms with Gasteiger partial charge >= 0.3 is 0 Å². The zero-order valence-electron chi connectivity index (χ0n) is 17.2. The molecule has 0 spiro atoms. The van der Waals surface area contributed by atoms with Crippen LogP contribution in [-0.4, -0.2) is 37.7 Å². The van der Waals surface area contributed by atoms with E-state index in [0.29, 0.717) is 15.7 Å². The first-order valence-electron chi connectivity index (χ1n) is 9.35. The van der Waals surface area contributed by atoms with Gasteiger partial charge in [0.15, 0.2) is 0 Å². The number of sulfonamides is 1. The summed E-state index contributed by atoms with van der Waals surface area (Å²) in [6.07, 6.45) is 1.30. The van der Waals surface area contributed by atoms with Crippen molar-refractivity contribution in [1.82, 2.24) is 9.29 Å². The van der Waals surface area contributed by atoms with E-state index < -0.39 is 15.3 Å². The van der Waals surface area contributed by atoms with Crippen LogP contribution >= 0.6 is 23.4 Å². The maximum Gasteiger partial charge on any atom is 0.244 e. The van der Waals surface area contributed by atoms with Crippen LogP contribution in [0.1, 0.15) is 16.4 Å². The minimum atomic E-state index is -3.57. The van der Waals surface area contributed by atoms with Crippen molar-refractivity contribution in [3.8, 4) is 0 Å². The van der Waals surface area contributed by atoms with Crippen molar-refractivity contribution < 1.29 is 13.2 Å². The molecule has 9 heteroatoms. The lowest BCUT2D eigenvalue weighted by Crippen LogP contribution is -2.22. The number of aromatic nitrogens is 1. The summed E-state index contributed by atoms with van der Waals surface area (Å²) in [6, 6.07) is 17.8. The minimum Gasteiger partial charge on any atom is -0.325 e. The molecule has 2 aromatic carbocycles. The Balaban J connectivity index is 1.86. The fourth-order valence-electron chi connectivity index (χ4n) is 2.70. The molecule has 6 nitrogen and oxygen atoms in total. The predicted octanol–water partition coefficient (Wildman–Crippen LogP) is 4.77. The van der Waals surface area contributed by atoms with Crippen LogP contribution in [0.15, 0.2) is 76.8 Å². The number of rotatable bonds is 7. The third kappa shape index (κ3) is 5.65. The molecule has 3 rings (SSSR count). The molecule has 31 heavy (non-hydrogen) atoms. The van der Waals surface area contributed by atoms with Gasteiger partial charge in [-0.2, -0.15) is 0 Å². The minimum absolute atomic E-state index is 0.0943. The lowest BCUT2D eigenvalue weighted by atomic mass is 10.1. The van der Waals surface area contributed by atoms with Crippen LogP contribution < -0.4 is 5.32 Å². The van der Waals surface area contributed by atoms with Gasteiger partial charge in [-0.05, 0) is 42.3 Å². The van der Waals surface area contributed by atoms with Crippen molar-refractivity contribution in [2.75, 3.05) is 19.4 Å². The van der Waals surface area contributed by atoms with Crippen LogP contribution in [0.4, 0.5) is 5.69 Å². The first-order chi connectivity index (χ1) is 14.7. The molecule has 1 N–H and O–H groups in total. The number of hydrogen-bond acceptors (Lipinski definition) is 5. The number of aryl methyl sites for hydroxylation is 1. The highest BCUT2D eigenvalue weighted by molar-refractivity contribution is 8.00. The molecule has 1 aromatic heterocycles. The Bertz CT molecular complexity index is 1170. The fraction of sp³-hybridized carbons (Fsp3) is 0.182. The summed E-state index contributed by atoms with van der Waals surface area (Å²) in [6.45, 7) is 1.89. The number of carbonyl (C=O) groups is 1. The number of halogens is 1. The summed E-state index contributed by atoms with van der Waals surface area (Å²) in [5, 5.41) is 3.41. The van der Waals surface area contributed by atoms with Gasteiger partial charge in [0.2, 0.25) is 15.9 Å². The van der Waals surface area contributed by atoms with Gasteiger partial charge in [0.25, 0.3) is 0 Å². The maximum absolute atomic E-state index is 13.1. The lowest BCUT2D eigenvalue weighted by molar-refractivity contribution is -0.115. The second kappa shape index (κ2) is 9.82. The van der Waals surface area contributed by atoms with E-state index in [1.165, 1.54) is 38.1 Å². The quantitative estimate of drug-likeness (QED) is 0.498. The third-order valence-corrected chi connectivity index (χ3v) is 7.92. The first-order valence-corrected chi connectivity index (χ1v) is 12.1. The predicted molar refractivity (Wildman–Crippen MR) is 125 cm³/mol. The summed E-state index contributed by atoms with van der Waals surface area (Å²) in [5.41, 5.74) is 2.32. The Morgan fingerprint density at radius 3 is 2.39 bits per heavy atom. The van der Waals surface area contributed by atoms with E-state index in [1.54, 1.807) is 18.2 Å². The molecule has 0 radical (unpaired) electrons. The largest absolute Gasteiger partial charge is 0.325 e. The van der Waals surface area contributed by atoms with Crippen molar-refractivity contribution in [1.29, 1.82) is 0 Å². The Morgan fingerprint density at radius 2 is 1.81 bits per heavy atom. The van der Waals surface area contributed by atoms with E-state index in [4.69, 9.17) is 11.6 Å². The standard InChI is InChI=1S/C22H22ClN3O3S2/c1-15-9-10-17(13-19(15)23)25-22(27)21(16-7-5-4-6-8-16)30-20-12-11-18(14-24-20)31(28,29)26(2)3/h4-14,21H,1-3H3,(H,25,27)/t21-/m0/s1. The Labute approximate surface area is 191 Å². The third-order valence-electron chi connectivity index (χ3n) is 4.51. The normalized spacial score (nSPS) is 12.5. The van der Waals surface area contributed by atoms with E-state index in [2.05, 4.69) is 10.3 Å². The summed E-state index contributed by atoms with van der Waals surface area (Å²) in [5.74, 6) is -0.233. The maximum atomic E-state index is 13.1. The summed E-state index contributed by atoms with van der Waals surface area (Å²) in [7, 11) is -0.642. The van der Waals surface area contributed by atoms with Crippen LogP contribution in [0, 0.1) is 6.92 Å². The Hall–Kier alpha value is -2.39. The lowest BCUT2D eigenvalue weighted by Gasteiger charge is -2.17. The molecule has 1 heterocycles. The molecule has 0 saturated carbocycles. The molecule has 0 fully saturated rings. The van der Waals surface area contributed by atoms with Crippen molar-refractivity contribution in [3.63, 3.8) is 0 Å². The van der Waals surface area contributed by atoms with E-state index in [9.17, 15) is 13.2 Å². The van der Waals surface area contributed by atoms with Crippen molar-refractivity contribution in [3.05, 3.63) is 83.0 Å². The molecule has 1 amide bonds. The van der Waals surface area contributed by atoms with Crippen LogP contribution in [-0.2, 0) is 14.8 Å². The zero-order valence-corrected chi connectivity index (χ0v) is 19.6. The van der Waals surface area contributed by atoms with Gasteiger partial charge in [0.1, 0.15) is 10.1 Å². The van der Waals surface area contributed by atoms with E-state index in [-0.39, 0.29) is 10.8 Å². The van der Waals surface area contributed by atoms with Gasteiger partial charge in [0.05, 0.1) is 5.03 Å². The van der Waals surface area contributed by atoms with Crippen LogP contribution in [0.2, 0.25) is 5.02 Å². The van der Waals surface area contributed by atoms with Gasteiger partial charge in [-0.25, -0.2) is 17.7 Å². The number of benzene rings is 2. The Morgan fingerprint density at radius 1 is 1.10 bits per heavy atom. The second-order valence-electron chi connectivity index (χ2n) is 6.98. The van der Waals surface area contributed by atoms with E-state index in [1.807, 2.05) is 43.3 Å². The average molecular weight is 476 g/mol. The first kappa shape index (κ1) is 23.3. The fourth-order valence-corrected chi connectivity index (χ4v) is 4.69. The molecule has 3 aromatic rings. The van der Waals surface area contributed by atoms with Crippen molar-refractivity contribution in [2.24, 2.45) is 0 Å².